The van der Waals surface area contributed by atoms with Crippen LogP contribution in [0.25, 0.3) is 0 Å². The van der Waals surface area contributed by atoms with E-state index in [2.05, 4.69) is 18.8 Å². The number of fused-ring (bicyclic) bond motifs is 1. The van der Waals surface area contributed by atoms with Crippen molar-refractivity contribution in [1.82, 2.24) is 5.32 Å². The van der Waals surface area contributed by atoms with Crippen molar-refractivity contribution in [3.8, 4) is 0 Å². The van der Waals surface area contributed by atoms with Crippen molar-refractivity contribution in [1.29, 1.82) is 0 Å². The molecule has 3 fully saturated rings. The predicted molar refractivity (Wildman–Crippen MR) is 76.5 cm³/mol. The van der Waals surface area contributed by atoms with E-state index in [1.807, 2.05) is 0 Å². The van der Waals surface area contributed by atoms with Gasteiger partial charge in [-0.2, -0.15) is 0 Å². The van der Waals surface area contributed by atoms with Gasteiger partial charge in [0.05, 0.1) is 12.3 Å². The summed E-state index contributed by atoms with van der Waals surface area (Å²) in [5, 5.41) is 2.60. The molecule has 0 spiro atoms. The normalized spacial score (nSPS) is 37.8. The molecule has 1 amide bonds. The smallest absolute Gasteiger partial charge is 0.309 e. The summed E-state index contributed by atoms with van der Waals surface area (Å²) in [6.45, 7) is 7.40. The van der Waals surface area contributed by atoms with Gasteiger partial charge in [-0.1, -0.05) is 13.5 Å². The van der Waals surface area contributed by atoms with E-state index in [0.717, 1.165) is 12.8 Å². The van der Waals surface area contributed by atoms with Crippen LogP contribution in [0.3, 0.4) is 0 Å². The first-order valence-corrected chi connectivity index (χ1v) is 7.65. The lowest BCUT2D eigenvalue weighted by atomic mass is 9.79. The van der Waals surface area contributed by atoms with E-state index in [-0.39, 0.29) is 60.3 Å². The van der Waals surface area contributed by atoms with Crippen molar-refractivity contribution in [3.63, 3.8) is 0 Å². The Kier molecular flexibility index (Phi) is 3.50. The molecular weight excluding hydrogens is 286 g/mol. The Balaban J connectivity index is 1.53. The summed E-state index contributed by atoms with van der Waals surface area (Å²) >= 11 is 0. The van der Waals surface area contributed by atoms with Gasteiger partial charge in [0.2, 0.25) is 5.91 Å². The molecule has 2 saturated carbocycles. The molecule has 6 nitrogen and oxygen atoms in total. The highest BCUT2D eigenvalue weighted by atomic mass is 16.6. The van der Waals surface area contributed by atoms with Crippen molar-refractivity contribution in [2.75, 3.05) is 6.54 Å². The minimum atomic E-state index is -0.375. The van der Waals surface area contributed by atoms with Crippen molar-refractivity contribution in [2.45, 2.75) is 45.3 Å². The molecule has 1 heterocycles. The van der Waals surface area contributed by atoms with Crippen LogP contribution in [0.5, 0.6) is 0 Å². The zero-order valence-corrected chi connectivity index (χ0v) is 12.9. The second kappa shape index (κ2) is 5.11. The number of carbonyl (C=O) groups is 3. The molecule has 6 heteroatoms. The molecule has 1 aliphatic heterocycles. The molecule has 22 heavy (non-hydrogen) atoms. The highest BCUT2D eigenvalue weighted by Gasteiger charge is 2.68. The van der Waals surface area contributed by atoms with Crippen molar-refractivity contribution < 1.29 is 23.9 Å². The maximum Gasteiger partial charge on any atom is 0.309 e. The molecule has 3 aliphatic rings. The van der Waals surface area contributed by atoms with Gasteiger partial charge in [0.1, 0.15) is 12.2 Å². The van der Waals surface area contributed by atoms with E-state index in [0.29, 0.717) is 5.57 Å². The third-order valence-corrected chi connectivity index (χ3v) is 5.13. The van der Waals surface area contributed by atoms with Crippen LogP contribution >= 0.6 is 0 Å². The molecular formula is C16H21NO5. The number of carbonyl (C=O) groups excluding carboxylic acids is 3. The molecule has 1 N–H and O–H groups in total. The highest BCUT2D eigenvalue weighted by molar-refractivity contribution is 5.92. The Hall–Kier alpha value is -1.85. The van der Waals surface area contributed by atoms with E-state index in [1.54, 1.807) is 6.92 Å². The van der Waals surface area contributed by atoms with Crippen LogP contribution in [0, 0.1) is 17.3 Å². The Morgan fingerprint density at radius 2 is 2.18 bits per heavy atom. The average molecular weight is 307 g/mol. The summed E-state index contributed by atoms with van der Waals surface area (Å²) < 4.78 is 11.0. The Morgan fingerprint density at radius 3 is 2.86 bits per heavy atom. The molecule has 2 bridgehead atoms. The van der Waals surface area contributed by atoms with Gasteiger partial charge >= 0.3 is 11.9 Å². The zero-order valence-electron chi connectivity index (χ0n) is 12.9. The quantitative estimate of drug-likeness (QED) is 0.604. The van der Waals surface area contributed by atoms with Crippen LogP contribution in [0.1, 0.15) is 33.1 Å². The summed E-state index contributed by atoms with van der Waals surface area (Å²) in [6.07, 6.45) is 1.06. The maximum atomic E-state index is 12.0. The number of ether oxygens (including phenoxy) is 2. The van der Waals surface area contributed by atoms with Crippen LogP contribution in [0.15, 0.2) is 12.2 Å². The predicted octanol–water partition coefficient (Wildman–Crippen LogP) is 0.952. The summed E-state index contributed by atoms with van der Waals surface area (Å²) in [7, 11) is 0. The largest absolute Gasteiger partial charge is 0.458 e. The number of esters is 2. The minimum absolute atomic E-state index is 0.0141. The number of hydrogen-bond donors (Lipinski definition) is 1. The molecule has 5 atom stereocenters. The molecule has 1 saturated heterocycles. The van der Waals surface area contributed by atoms with E-state index < -0.39 is 0 Å². The molecule has 3 rings (SSSR count). The van der Waals surface area contributed by atoms with Gasteiger partial charge in [0.15, 0.2) is 0 Å². The Bertz CT molecular complexity index is 557. The van der Waals surface area contributed by atoms with E-state index in [4.69, 9.17) is 9.47 Å². The second-order valence-electron chi connectivity index (χ2n) is 6.93. The average Bonchev–Trinajstić information content (AvgIpc) is 2.98. The topological polar surface area (TPSA) is 81.7 Å². The van der Waals surface area contributed by atoms with Gasteiger partial charge in [0, 0.05) is 23.5 Å². The summed E-state index contributed by atoms with van der Waals surface area (Å²) in [5.41, 5.74) is 0.237. The molecule has 0 aromatic carbocycles. The van der Waals surface area contributed by atoms with Crippen molar-refractivity contribution in [2.24, 2.45) is 17.3 Å². The standard InChI is InChI=1S/C16H21NO5/c1-8(2)14(19)17-5-4-11(18)21-13-12-9-6-16(13,3)7-10(9)15(20)22-12/h9-10,12-13H,1,4-7H2,2-3H3,(H,17,19). The van der Waals surface area contributed by atoms with E-state index in [9.17, 15) is 14.4 Å². The number of amides is 1. The maximum absolute atomic E-state index is 12.0. The van der Waals surface area contributed by atoms with Crippen molar-refractivity contribution >= 4 is 17.8 Å². The number of nitrogens with one attached hydrogen (secondary N) is 1. The second-order valence-corrected chi connectivity index (χ2v) is 6.93. The van der Waals surface area contributed by atoms with Crippen LogP contribution in [-0.4, -0.2) is 36.6 Å². The van der Waals surface area contributed by atoms with Gasteiger partial charge in [-0.3, -0.25) is 14.4 Å². The van der Waals surface area contributed by atoms with Crippen LogP contribution in [0.4, 0.5) is 0 Å². The first kappa shape index (κ1) is 15.1. The Morgan fingerprint density at radius 1 is 1.45 bits per heavy atom. The summed E-state index contributed by atoms with van der Waals surface area (Å²) in [5.74, 6) is -0.614. The molecule has 2 aliphatic carbocycles. The first-order valence-electron chi connectivity index (χ1n) is 7.65. The molecule has 5 unspecified atom stereocenters. The van der Waals surface area contributed by atoms with Gasteiger partial charge in [-0.15, -0.1) is 0 Å². The van der Waals surface area contributed by atoms with Crippen LogP contribution in [0.2, 0.25) is 0 Å². The van der Waals surface area contributed by atoms with Gasteiger partial charge < -0.3 is 14.8 Å². The summed E-state index contributed by atoms with van der Waals surface area (Å²) in [4.78, 5) is 35.1. The minimum Gasteiger partial charge on any atom is -0.458 e. The third-order valence-electron chi connectivity index (χ3n) is 5.13. The molecule has 0 radical (unpaired) electrons. The van der Waals surface area contributed by atoms with Crippen LogP contribution in [-0.2, 0) is 23.9 Å². The molecule has 0 aromatic rings. The lowest BCUT2D eigenvalue weighted by molar-refractivity contribution is -0.165. The van der Waals surface area contributed by atoms with E-state index >= 15 is 0 Å². The van der Waals surface area contributed by atoms with Crippen LogP contribution < -0.4 is 5.32 Å². The lowest BCUT2D eigenvalue weighted by Gasteiger charge is -2.32. The number of rotatable bonds is 5. The fourth-order valence-electron chi connectivity index (χ4n) is 4.08. The lowest BCUT2D eigenvalue weighted by Crippen LogP contribution is -2.41. The fourth-order valence-corrected chi connectivity index (χ4v) is 4.08. The monoisotopic (exact) mass is 307 g/mol. The third kappa shape index (κ3) is 2.30. The van der Waals surface area contributed by atoms with Crippen molar-refractivity contribution in [3.05, 3.63) is 12.2 Å². The highest BCUT2D eigenvalue weighted by Crippen LogP contribution is 2.62. The van der Waals surface area contributed by atoms with Gasteiger partial charge in [0.25, 0.3) is 0 Å². The molecule has 120 valence electrons. The SMILES string of the molecule is C=C(C)C(=O)NCCC(=O)OC1C2OC(=O)C3CC1(C)CC32. The molecule has 0 aromatic heterocycles. The van der Waals surface area contributed by atoms with Gasteiger partial charge in [-0.25, -0.2) is 0 Å². The number of hydrogen-bond acceptors (Lipinski definition) is 5. The fraction of sp³-hybridized carbons (Fsp3) is 0.688. The Labute approximate surface area is 129 Å². The first-order chi connectivity index (χ1) is 10.3. The summed E-state index contributed by atoms with van der Waals surface area (Å²) in [6, 6.07) is 0. The van der Waals surface area contributed by atoms with Gasteiger partial charge in [-0.05, 0) is 19.8 Å². The van der Waals surface area contributed by atoms with E-state index in [1.165, 1.54) is 0 Å². The zero-order chi connectivity index (χ0) is 16.1.